The highest BCUT2D eigenvalue weighted by atomic mass is 35.5. The second kappa shape index (κ2) is 12.2. The number of hydrogen-bond acceptors (Lipinski definition) is 5. The Labute approximate surface area is 224 Å². The molecule has 2 N–H and O–H groups in total. The predicted octanol–water partition coefficient (Wildman–Crippen LogP) is 6.63. The summed E-state index contributed by atoms with van der Waals surface area (Å²) in [7, 11) is 1.53. The first kappa shape index (κ1) is 28.0. The Hall–Kier alpha value is -3.04. The molecular weight excluding hydrogens is 519 g/mol. The van der Waals surface area contributed by atoms with Crippen LogP contribution < -0.4 is 10.1 Å². The molecule has 0 aliphatic carbocycles. The van der Waals surface area contributed by atoms with Crippen LogP contribution in [0.4, 0.5) is 18.9 Å². The number of benzene rings is 2. The number of ether oxygens (including phenoxy) is 1. The van der Waals surface area contributed by atoms with E-state index in [0.29, 0.717) is 73.3 Å². The van der Waals surface area contributed by atoms with E-state index in [4.69, 9.17) is 16.3 Å². The number of rotatable bonds is 11. The summed E-state index contributed by atoms with van der Waals surface area (Å²) in [4.78, 5) is 18.2. The van der Waals surface area contributed by atoms with E-state index in [9.17, 15) is 18.7 Å². The van der Waals surface area contributed by atoms with Crippen LogP contribution in [0, 0.1) is 17.0 Å². The van der Waals surface area contributed by atoms with Crippen LogP contribution in [0.5, 0.6) is 5.75 Å². The van der Waals surface area contributed by atoms with E-state index in [1.54, 1.807) is 18.2 Å². The summed E-state index contributed by atoms with van der Waals surface area (Å²) < 4.78 is 47.8. The summed E-state index contributed by atoms with van der Waals surface area (Å²) in [6.45, 7) is 2.42. The molecule has 3 aromatic rings. The van der Waals surface area contributed by atoms with Crippen LogP contribution in [-0.4, -0.2) is 54.2 Å². The highest BCUT2D eigenvalue weighted by molar-refractivity contribution is 6.32. The molecule has 1 aliphatic rings. The van der Waals surface area contributed by atoms with Crippen molar-refractivity contribution in [3.63, 3.8) is 0 Å². The van der Waals surface area contributed by atoms with E-state index in [2.05, 4.69) is 15.2 Å². The molecule has 10 heteroatoms. The Bertz CT molecular complexity index is 1260. The van der Waals surface area contributed by atoms with Gasteiger partial charge in [0, 0.05) is 42.0 Å². The van der Waals surface area contributed by atoms with Gasteiger partial charge in [0.05, 0.1) is 24.1 Å². The van der Waals surface area contributed by atoms with Crippen LogP contribution in [0.25, 0.3) is 10.9 Å². The van der Waals surface area contributed by atoms with Gasteiger partial charge in [0.2, 0.25) is 0 Å². The zero-order chi connectivity index (χ0) is 27.3. The predicted molar refractivity (Wildman–Crippen MR) is 142 cm³/mol. The molecule has 0 amide bonds. The lowest BCUT2D eigenvalue weighted by atomic mass is 9.71. The van der Waals surface area contributed by atoms with Gasteiger partial charge in [-0.1, -0.05) is 11.6 Å². The second-order valence-electron chi connectivity index (χ2n) is 9.91. The van der Waals surface area contributed by atoms with Crippen molar-refractivity contribution in [1.82, 2.24) is 9.88 Å². The van der Waals surface area contributed by atoms with Gasteiger partial charge in [0.25, 0.3) is 0 Å². The van der Waals surface area contributed by atoms with Crippen molar-refractivity contribution >= 4 is 34.2 Å². The molecule has 6 nitrogen and oxygen atoms in total. The van der Waals surface area contributed by atoms with Crippen molar-refractivity contribution in [1.29, 1.82) is 0 Å². The molecule has 1 atom stereocenters. The lowest BCUT2D eigenvalue weighted by Crippen LogP contribution is -2.43. The number of hydrogen-bond donors (Lipinski definition) is 2. The minimum atomic E-state index is -1.39. The number of halogens is 4. The molecule has 1 aliphatic heterocycles. The van der Waals surface area contributed by atoms with Gasteiger partial charge in [-0.05, 0) is 74.5 Å². The van der Waals surface area contributed by atoms with Crippen molar-refractivity contribution in [3.8, 4) is 5.75 Å². The number of alkyl halides is 1. The topological polar surface area (TPSA) is 74.7 Å². The molecule has 2 heterocycles. The molecule has 1 aromatic heterocycles. The van der Waals surface area contributed by atoms with Crippen LogP contribution in [0.3, 0.4) is 0 Å². The number of carbonyl (C=O) groups is 1. The molecule has 4 rings (SSSR count). The average molecular weight is 550 g/mol. The smallest absolute Gasteiger partial charge is 0.303 e. The van der Waals surface area contributed by atoms with Crippen molar-refractivity contribution < 1.29 is 27.8 Å². The van der Waals surface area contributed by atoms with E-state index < -0.39 is 29.2 Å². The van der Waals surface area contributed by atoms with Crippen LogP contribution in [0.15, 0.2) is 42.6 Å². The summed E-state index contributed by atoms with van der Waals surface area (Å²) in [6, 6.07) is 8.51. The Morgan fingerprint density at radius 1 is 1.21 bits per heavy atom. The largest absolute Gasteiger partial charge is 0.497 e. The van der Waals surface area contributed by atoms with Crippen molar-refractivity contribution in [2.75, 3.05) is 38.6 Å². The maximum Gasteiger partial charge on any atom is 0.303 e. The highest BCUT2D eigenvalue weighted by Crippen LogP contribution is 2.44. The number of likely N-dealkylation sites (tertiary alicyclic amines) is 1. The lowest BCUT2D eigenvalue weighted by molar-refractivity contribution is -0.141. The third-order valence-electron chi connectivity index (χ3n) is 7.37. The molecule has 1 saturated heterocycles. The van der Waals surface area contributed by atoms with Gasteiger partial charge >= 0.3 is 5.97 Å². The van der Waals surface area contributed by atoms with Gasteiger partial charge in [-0.15, -0.1) is 0 Å². The van der Waals surface area contributed by atoms with E-state index in [1.165, 1.54) is 25.4 Å². The van der Waals surface area contributed by atoms with Gasteiger partial charge in [0.1, 0.15) is 23.6 Å². The summed E-state index contributed by atoms with van der Waals surface area (Å²) in [5.74, 6) is -1.62. The Morgan fingerprint density at radius 2 is 1.92 bits per heavy atom. The first-order valence-corrected chi connectivity index (χ1v) is 13.0. The van der Waals surface area contributed by atoms with Gasteiger partial charge in [-0.2, -0.15) is 0 Å². The monoisotopic (exact) mass is 549 g/mol. The normalized spacial score (nSPS) is 16.3. The van der Waals surface area contributed by atoms with Crippen LogP contribution in [0.1, 0.15) is 43.8 Å². The van der Waals surface area contributed by atoms with Crippen molar-refractivity contribution in [2.45, 2.75) is 38.3 Å². The zero-order valence-corrected chi connectivity index (χ0v) is 21.9. The van der Waals surface area contributed by atoms with Gasteiger partial charge in [0.15, 0.2) is 0 Å². The fraction of sp³-hybridized carbons (Fsp3) is 0.429. The Balaban J connectivity index is 1.38. The zero-order valence-electron chi connectivity index (χ0n) is 21.2. The number of anilines is 1. The average Bonchev–Trinajstić information content (AvgIpc) is 2.87. The van der Waals surface area contributed by atoms with Crippen LogP contribution in [0.2, 0.25) is 5.02 Å². The maximum atomic E-state index is 15.7. The van der Waals surface area contributed by atoms with Crippen molar-refractivity contribution in [3.05, 3.63) is 64.8 Å². The lowest BCUT2D eigenvalue weighted by Gasteiger charge is -2.41. The molecule has 0 unspecified atom stereocenters. The standard InChI is InChI=1S/C28H31ClF3N3O3/c1-38-21-2-3-25-22(15-21)27(23(29)17-34-25)24(32)4-5-28(16-26(36)37)6-9-35(10-7-28)11-8-33-20-13-18(30)12-19(31)14-20/h2-3,12-15,17,24,33H,4-11,16H2,1H3,(H,36,37)/t24-/m1/s1. The fourth-order valence-electron chi connectivity index (χ4n) is 5.29. The number of carboxylic acids is 1. The number of carboxylic acid groups (broad SMARTS) is 1. The molecular formula is C28H31ClF3N3O3. The minimum absolute atomic E-state index is 0.0347. The van der Waals surface area contributed by atoms with E-state index in [1.807, 2.05) is 0 Å². The van der Waals surface area contributed by atoms with E-state index >= 15 is 4.39 Å². The Kier molecular flexibility index (Phi) is 8.99. The number of aliphatic carboxylic acids is 1. The molecule has 0 saturated carbocycles. The first-order valence-electron chi connectivity index (χ1n) is 12.6. The van der Waals surface area contributed by atoms with Crippen molar-refractivity contribution in [2.24, 2.45) is 5.41 Å². The molecule has 0 spiro atoms. The van der Waals surface area contributed by atoms with Gasteiger partial charge in [-0.3, -0.25) is 9.78 Å². The van der Waals surface area contributed by atoms with Gasteiger partial charge < -0.3 is 20.1 Å². The summed E-state index contributed by atoms with van der Waals surface area (Å²) >= 11 is 6.37. The van der Waals surface area contributed by atoms with E-state index in [0.717, 1.165) is 6.07 Å². The second-order valence-corrected chi connectivity index (χ2v) is 10.3. The number of fused-ring (bicyclic) bond motifs is 1. The summed E-state index contributed by atoms with van der Waals surface area (Å²) in [5, 5.41) is 13.4. The number of aromatic nitrogens is 1. The molecule has 0 bridgehead atoms. The fourth-order valence-corrected chi connectivity index (χ4v) is 5.56. The Morgan fingerprint density at radius 3 is 2.58 bits per heavy atom. The summed E-state index contributed by atoms with van der Waals surface area (Å²) in [6.07, 6.45) is 1.77. The number of nitrogens with zero attached hydrogens (tertiary/aromatic N) is 2. The molecule has 2 aromatic carbocycles. The molecule has 204 valence electrons. The van der Waals surface area contributed by atoms with E-state index in [-0.39, 0.29) is 17.9 Å². The maximum absolute atomic E-state index is 15.7. The molecule has 0 radical (unpaired) electrons. The molecule has 38 heavy (non-hydrogen) atoms. The van der Waals surface area contributed by atoms with Crippen LogP contribution >= 0.6 is 11.6 Å². The number of methoxy groups -OCH3 is 1. The highest BCUT2D eigenvalue weighted by Gasteiger charge is 2.37. The number of pyridine rings is 1. The SMILES string of the molecule is COc1ccc2ncc(Cl)c([C@H](F)CCC3(CC(=O)O)CCN(CCNc4cc(F)cc(F)c4)CC3)c2c1. The quantitative estimate of drug-likeness (QED) is 0.279. The minimum Gasteiger partial charge on any atom is -0.497 e. The first-order chi connectivity index (χ1) is 18.2. The molecule has 1 fully saturated rings. The third-order valence-corrected chi connectivity index (χ3v) is 7.67. The number of nitrogens with one attached hydrogen (secondary N) is 1. The number of piperidine rings is 1. The summed E-state index contributed by atoms with van der Waals surface area (Å²) in [5.41, 5.74) is 0.793. The third kappa shape index (κ3) is 6.88. The van der Waals surface area contributed by atoms with Gasteiger partial charge in [-0.25, -0.2) is 13.2 Å². The van der Waals surface area contributed by atoms with Crippen LogP contribution in [-0.2, 0) is 4.79 Å².